The Morgan fingerprint density at radius 1 is 1.33 bits per heavy atom. The number of fused-ring (bicyclic) bond motifs is 1. The third kappa shape index (κ3) is 3.80. The molecule has 0 bridgehead atoms. The lowest BCUT2D eigenvalue weighted by Gasteiger charge is -2.21. The second kappa shape index (κ2) is 7.79. The van der Waals surface area contributed by atoms with Gasteiger partial charge in [-0.1, -0.05) is 0 Å². The number of hydrogen-bond acceptors (Lipinski definition) is 5. The number of H-pyrrole nitrogens is 1. The Labute approximate surface area is 155 Å². The molecule has 0 atom stereocenters. The van der Waals surface area contributed by atoms with Crippen molar-refractivity contribution in [3.05, 3.63) is 51.6 Å². The molecule has 1 aliphatic heterocycles. The van der Waals surface area contributed by atoms with Crippen molar-refractivity contribution >= 4 is 11.9 Å². The van der Waals surface area contributed by atoms with Crippen molar-refractivity contribution in [2.45, 2.75) is 26.9 Å². The number of carbonyl (C=O) groups excluding carboxylic acids is 2. The predicted octanol–water partition coefficient (Wildman–Crippen LogP) is 2.40. The quantitative estimate of drug-likeness (QED) is 0.782. The van der Waals surface area contributed by atoms with E-state index in [-0.39, 0.29) is 25.1 Å². The molecule has 7 nitrogen and oxygen atoms in total. The number of aromatic nitrogens is 1. The smallest absolute Gasteiger partial charge is 0.339 e. The Bertz CT molecular complexity index is 891. The van der Waals surface area contributed by atoms with Gasteiger partial charge in [-0.15, -0.1) is 0 Å². The van der Waals surface area contributed by atoms with Gasteiger partial charge in [0.2, 0.25) is 0 Å². The summed E-state index contributed by atoms with van der Waals surface area (Å²) in [7, 11) is 1.29. The molecule has 2 heterocycles. The minimum atomic E-state index is -0.494. The molecule has 1 aromatic heterocycles. The molecule has 0 aliphatic carbocycles. The van der Waals surface area contributed by atoms with Crippen molar-refractivity contribution < 1.29 is 28.2 Å². The Morgan fingerprint density at radius 2 is 2.11 bits per heavy atom. The standard InChI is InChI=1S/C19H21FN2O5/c1-10-15(19(24)25-3)11(2)22-16(10)18(23)21-5-4-12-6-14(20)7-13-8-26-9-27-17(12)13/h6-7,22H,4-5,8-9H2,1-3H3,(H,21,23). The van der Waals surface area contributed by atoms with Gasteiger partial charge < -0.3 is 24.5 Å². The number of amides is 1. The third-order valence-electron chi connectivity index (χ3n) is 4.49. The summed E-state index contributed by atoms with van der Waals surface area (Å²) in [6.45, 7) is 4.08. The zero-order valence-corrected chi connectivity index (χ0v) is 15.4. The molecule has 1 aliphatic rings. The van der Waals surface area contributed by atoms with E-state index in [1.807, 2.05) is 0 Å². The van der Waals surface area contributed by atoms with Crippen LogP contribution in [-0.2, 0) is 22.5 Å². The number of aryl methyl sites for hydroxylation is 1. The van der Waals surface area contributed by atoms with E-state index in [9.17, 15) is 14.0 Å². The lowest BCUT2D eigenvalue weighted by Crippen LogP contribution is -2.27. The zero-order chi connectivity index (χ0) is 19.6. The first-order valence-corrected chi connectivity index (χ1v) is 8.50. The summed E-state index contributed by atoms with van der Waals surface area (Å²) in [5.74, 6) is -0.606. The van der Waals surface area contributed by atoms with E-state index in [2.05, 4.69) is 10.3 Å². The number of carbonyl (C=O) groups is 2. The molecule has 0 radical (unpaired) electrons. The van der Waals surface area contributed by atoms with Crippen LogP contribution in [0.2, 0.25) is 0 Å². The Hall–Kier alpha value is -2.87. The van der Waals surface area contributed by atoms with E-state index >= 15 is 0 Å². The third-order valence-corrected chi connectivity index (χ3v) is 4.49. The molecule has 144 valence electrons. The molecule has 1 aromatic carbocycles. The summed E-state index contributed by atoms with van der Waals surface area (Å²) in [5.41, 5.74) is 3.08. The van der Waals surface area contributed by atoms with E-state index < -0.39 is 5.97 Å². The largest absolute Gasteiger partial charge is 0.467 e. The first-order chi connectivity index (χ1) is 12.9. The second-order valence-corrected chi connectivity index (χ2v) is 6.29. The van der Waals surface area contributed by atoms with Crippen molar-refractivity contribution in [3.8, 4) is 5.75 Å². The monoisotopic (exact) mass is 376 g/mol. The second-order valence-electron chi connectivity index (χ2n) is 6.29. The van der Waals surface area contributed by atoms with Crippen LogP contribution >= 0.6 is 0 Å². The van der Waals surface area contributed by atoms with Gasteiger partial charge >= 0.3 is 5.97 Å². The molecule has 3 rings (SSSR count). The van der Waals surface area contributed by atoms with Gasteiger partial charge in [-0.3, -0.25) is 4.79 Å². The van der Waals surface area contributed by atoms with Crippen molar-refractivity contribution in [2.24, 2.45) is 0 Å². The topological polar surface area (TPSA) is 89.7 Å². The first-order valence-electron chi connectivity index (χ1n) is 8.50. The molecule has 0 saturated heterocycles. The van der Waals surface area contributed by atoms with Gasteiger partial charge in [-0.2, -0.15) is 0 Å². The van der Waals surface area contributed by atoms with Crippen molar-refractivity contribution in [3.63, 3.8) is 0 Å². The highest BCUT2D eigenvalue weighted by atomic mass is 19.1. The van der Waals surface area contributed by atoms with Gasteiger partial charge in [0, 0.05) is 17.8 Å². The van der Waals surface area contributed by atoms with Crippen LogP contribution in [-0.4, -0.2) is 37.3 Å². The van der Waals surface area contributed by atoms with Crippen LogP contribution in [0.25, 0.3) is 0 Å². The number of ether oxygens (including phenoxy) is 3. The van der Waals surface area contributed by atoms with Crippen LogP contribution in [0.15, 0.2) is 12.1 Å². The molecule has 2 N–H and O–H groups in total. The fourth-order valence-corrected chi connectivity index (χ4v) is 3.23. The number of methoxy groups -OCH3 is 1. The van der Waals surface area contributed by atoms with Crippen LogP contribution in [0.5, 0.6) is 5.75 Å². The highest BCUT2D eigenvalue weighted by Gasteiger charge is 2.22. The van der Waals surface area contributed by atoms with Crippen molar-refractivity contribution in [2.75, 3.05) is 20.4 Å². The van der Waals surface area contributed by atoms with Gasteiger partial charge in [0.25, 0.3) is 5.91 Å². The maximum absolute atomic E-state index is 13.8. The van der Waals surface area contributed by atoms with Gasteiger partial charge in [0.15, 0.2) is 6.79 Å². The zero-order valence-electron chi connectivity index (χ0n) is 15.4. The minimum absolute atomic E-state index is 0.120. The lowest BCUT2D eigenvalue weighted by molar-refractivity contribution is -0.0172. The molecule has 0 saturated carbocycles. The molecule has 0 spiro atoms. The van der Waals surface area contributed by atoms with Gasteiger partial charge in [0.05, 0.1) is 19.3 Å². The predicted molar refractivity (Wildman–Crippen MR) is 94.3 cm³/mol. The average Bonchev–Trinajstić information content (AvgIpc) is 2.95. The molecule has 2 aromatic rings. The first kappa shape index (κ1) is 18.9. The summed E-state index contributed by atoms with van der Waals surface area (Å²) in [6.07, 6.45) is 0.397. The van der Waals surface area contributed by atoms with Crippen LogP contribution in [0.3, 0.4) is 0 Å². The normalized spacial score (nSPS) is 12.9. The molecule has 0 fully saturated rings. The van der Waals surface area contributed by atoms with Crippen LogP contribution < -0.4 is 10.1 Å². The van der Waals surface area contributed by atoms with E-state index in [0.29, 0.717) is 52.4 Å². The minimum Gasteiger partial charge on any atom is -0.467 e. The summed E-state index contributed by atoms with van der Waals surface area (Å²) in [5, 5.41) is 2.78. The van der Waals surface area contributed by atoms with E-state index in [1.54, 1.807) is 13.8 Å². The summed E-state index contributed by atoms with van der Waals surface area (Å²) in [4.78, 5) is 27.2. The van der Waals surface area contributed by atoms with E-state index in [4.69, 9.17) is 14.2 Å². The van der Waals surface area contributed by atoms with E-state index in [1.165, 1.54) is 19.2 Å². The van der Waals surface area contributed by atoms with Crippen LogP contribution in [0.1, 0.15) is 43.2 Å². The van der Waals surface area contributed by atoms with Gasteiger partial charge in [-0.05, 0) is 43.5 Å². The molecular formula is C19H21FN2O5. The maximum Gasteiger partial charge on any atom is 0.339 e. The van der Waals surface area contributed by atoms with Gasteiger partial charge in [-0.25, -0.2) is 9.18 Å². The molecule has 0 unspecified atom stereocenters. The number of halogens is 1. The van der Waals surface area contributed by atoms with E-state index in [0.717, 1.165) is 0 Å². The number of benzene rings is 1. The Kier molecular flexibility index (Phi) is 5.46. The highest BCUT2D eigenvalue weighted by Crippen LogP contribution is 2.29. The SMILES string of the molecule is COC(=O)c1c(C)[nH]c(C(=O)NCCc2cc(F)cc3c2OCOC3)c1C. The fraction of sp³-hybridized carbons (Fsp3) is 0.368. The summed E-state index contributed by atoms with van der Waals surface area (Å²) < 4.78 is 29.1. The maximum atomic E-state index is 13.8. The fourth-order valence-electron chi connectivity index (χ4n) is 3.23. The number of nitrogens with one attached hydrogen (secondary N) is 2. The van der Waals surface area contributed by atoms with Crippen molar-refractivity contribution in [1.82, 2.24) is 10.3 Å². The summed E-state index contributed by atoms with van der Waals surface area (Å²) >= 11 is 0. The van der Waals surface area contributed by atoms with Gasteiger partial charge in [0.1, 0.15) is 17.3 Å². The average molecular weight is 376 g/mol. The lowest BCUT2D eigenvalue weighted by atomic mass is 10.1. The number of hydrogen-bond donors (Lipinski definition) is 2. The van der Waals surface area contributed by atoms with Crippen LogP contribution in [0, 0.1) is 19.7 Å². The number of esters is 1. The molecule has 1 amide bonds. The van der Waals surface area contributed by atoms with Crippen molar-refractivity contribution in [1.29, 1.82) is 0 Å². The van der Waals surface area contributed by atoms with Crippen LogP contribution in [0.4, 0.5) is 4.39 Å². The molecular weight excluding hydrogens is 355 g/mol. The highest BCUT2D eigenvalue weighted by molar-refractivity contribution is 6.00. The Balaban J connectivity index is 1.69. The Morgan fingerprint density at radius 3 is 2.85 bits per heavy atom. The molecule has 8 heteroatoms. The summed E-state index contributed by atoms with van der Waals surface area (Å²) in [6, 6.07) is 2.78. The molecule has 27 heavy (non-hydrogen) atoms. The number of aromatic amines is 1. The number of rotatable bonds is 5.